The third-order valence-corrected chi connectivity index (χ3v) is 4.34. The molecule has 0 aromatic carbocycles. The summed E-state index contributed by atoms with van der Waals surface area (Å²) < 4.78 is 0. The molecule has 3 rings (SSSR count). The molecular weight excluding hydrogens is 304 g/mol. The summed E-state index contributed by atoms with van der Waals surface area (Å²) in [4.78, 5) is 17.9. The monoisotopic (exact) mass is 326 g/mol. The summed E-state index contributed by atoms with van der Waals surface area (Å²) in [5.41, 5.74) is 1.57. The lowest BCUT2D eigenvalue weighted by atomic mass is 9.96. The highest BCUT2D eigenvalue weighted by Crippen LogP contribution is 2.22. The summed E-state index contributed by atoms with van der Waals surface area (Å²) in [6.45, 7) is 2.98. The van der Waals surface area contributed by atoms with Gasteiger partial charge in [0, 0.05) is 44.8 Å². The van der Waals surface area contributed by atoms with Gasteiger partial charge in [0.05, 0.1) is 0 Å². The minimum atomic E-state index is -0.225. The lowest BCUT2D eigenvalue weighted by Crippen LogP contribution is -2.35. The number of rotatable bonds is 5. The van der Waals surface area contributed by atoms with Crippen LogP contribution in [0.25, 0.3) is 0 Å². The molecule has 1 amide bonds. The molecule has 2 aromatic rings. The van der Waals surface area contributed by atoms with Crippen molar-refractivity contribution in [1.29, 1.82) is 0 Å². The van der Waals surface area contributed by atoms with Crippen LogP contribution in [-0.2, 0) is 0 Å². The molecule has 1 saturated heterocycles. The number of hydrogen-bond acceptors (Lipinski definition) is 6. The summed E-state index contributed by atoms with van der Waals surface area (Å²) >= 11 is 0. The van der Waals surface area contributed by atoms with Crippen LogP contribution in [0.5, 0.6) is 0 Å². The number of aromatic nitrogens is 3. The van der Waals surface area contributed by atoms with Gasteiger partial charge < -0.3 is 15.5 Å². The van der Waals surface area contributed by atoms with Crippen LogP contribution < -0.4 is 15.5 Å². The lowest BCUT2D eigenvalue weighted by Gasteiger charge is -2.33. The van der Waals surface area contributed by atoms with Crippen LogP contribution in [0.4, 0.5) is 11.5 Å². The maximum atomic E-state index is 11.4. The van der Waals surface area contributed by atoms with Crippen molar-refractivity contribution in [2.24, 2.45) is 5.92 Å². The Balaban J connectivity index is 1.46. The second-order valence-electron chi connectivity index (χ2n) is 5.90. The summed E-state index contributed by atoms with van der Waals surface area (Å²) in [6, 6.07) is 7.59. The first-order valence-electron chi connectivity index (χ1n) is 8.21. The Morgan fingerprint density at radius 2 is 1.92 bits per heavy atom. The quantitative estimate of drug-likeness (QED) is 0.867. The van der Waals surface area contributed by atoms with Crippen LogP contribution in [-0.4, -0.2) is 47.8 Å². The van der Waals surface area contributed by atoms with Gasteiger partial charge in [0.25, 0.3) is 5.91 Å². The molecule has 1 fully saturated rings. The standard InChI is InChI=1S/C17H22N6O/c1-18-17(24)15-2-3-16(22-21-15)20-12-13-6-10-23(11-7-13)14-4-8-19-9-5-14/h2-5,8-9,13H,6-7,10-12H2,1H3,(H,18,24)(H,20,22). The van der Waals surface area contributed by atoms with Crippen molar-refractivity contribution in [2.45, 2.75) is 12.8 Å². The molecule has 1 aliphatic heterocycles. The second-order valence-corrected chi connectivity index (χ2v) is 5.90. The average molecular weight is 326 g/mol. The zero-order valence-corrected chi connectivity index (χ0v) is 13.8. The van der Waals surface area contributed by atoms with E-state index in [0.717, 1.165) is 32.5 Å². The number of carbonyl (C=O) groups is 1. The Labute approximate surface area is 141 Å². The topological polar surface area (TPSA) is 83.0 Å². The predicted octanol–water partition coefficient (Wildman–Crippen LogP) is 1.56. The van der Waals surface area contributed by atoms with E-state index in [4.69, 9.17) is 0 Å². The SMILES string of the molecule is CNC(=O)c1ccc(NCC2CCN(c3ccncc3)CC2)nn1. The van der Waals surface area contributed by atoms with Crippen molar-refractivity contribution in [3.05, 3.63) is 42.4 Å². The van der Waals surface area contributed by atoms with Gasteiger partial charge in [-0.1, -0.05) is 0 Å². The molecule has 7 heteroatoms. The molecule has 7 nitrogen and oxygen atoms in total. The van der Waals surface area contributed by atoms with E-state index in [1.165, 1.54) is 5.69 Å². The molecular formula is C17H22N6O. The minimum absolute atomic E-state index is 0.225. The Hall–Kier alpha value is -2.70. The van der Waals surface area contributed by atoms with Crippen LogP contribution in [0.15, 0.2) is 36.7 Å². The molecule has 0 aliphatic carbocycles. The van der Waals surface area contributed by atoms with Crippen molar-refractivity contribution in [1.82, 2.24) is 20.5 Å². The highest BCUT2D eigenvalue weighted by molar-refractivity contribution is 5.91. The number of pyridine rings is 1. The molecule has 2 N–H and O–H groups in total. The third kappa shape index (κ3) is 3.98. The van der Waals surface area contributed by atoms with E-state index in [2.05, 4.69) is 42.8 Å². The van der Waals surface area contributed by atoms with E-state index in [-0.39, 0.29) is 5.91 Å². The van der Waals surface area contributed by atoms with Crippen molar-refractivity contribution in [3.8, 4) is 0 Å². The van der Waals surface area contributed by atoms with Gasteiger partial charge in [-0.15, -0.1) is 10.2 Å². The van der Waals surface area contributed by atoms with Gasteiger partial charge in [-0.3, -0.25) is 9.78 Å². The summed E-state index contributed by atoms with van der Waals surface area (Å²) in [6.07, 6.45) is 5.95. The molecule has 0 radical (unpaired) electrons. The van der Waals surface area contributed by atoms with Crippen molar-refractivity contribution in [3.63, 3.8) is 0 Å². The molecule has 0 atom stereocenters. The predicted molar refractivity (Wildman–Crippen MR) is 93.1 cm³/mol. The van der Waals surface area contributed by atoms with Gasteiger partial charge in [-0.25, -0.2) is 0 Å². The van der Waals surface area contributed by atoms with Gasteiger partial charge in [0.1, 0.15) is 5.82 Å². The summed E-state index contributed by atoms with van der Waals surface area (Å²) in [7, 11) is 1.58. The fourth-order valence-corrected chi connectivity index (χ4v) is 2.87. The molecule has 24 heavy (non-hydrogen) atoms. The summed E-state index contributed by atoms with van der Waals surface area (Å²) in [5.74, 6) is 1.10. The van der Waals surface area contributed by atoms with E-state index in [1.54, 1.807) is 19.2 Å². The highest BCUT2D eigenvalue weighted by Gasteiger charge is 2.19. The number of nitrogens with zero attached hydrogens (tertiary/aromatic N) is 4. The Morgan fingerprint density at radius 3 is 2.54 bits per heavy atom. The number of amides is 1. The fraction of sp³-hybridized carbons (Fsp3) is 0.412. The Morgan fingerprint density at radius 1 is 1.17 bits per heavy atom. The highest BCUT2D eigenvalue weighted by atomic mass is 16.1. The Kier molecular flexibility index (Phi) is 5.20. The molecule has 0 saturated carbocycles. The van der Waals surface area contributed by atoms with Crippen LogP contribution in [0.3, 0.4) is 0 Å². The number of piperidine rings is 1. The molecule has 126 valence electrons. The van der Waals surface area contributed by atoms with Gasteiger partial charge in [0.2, 0.25) is 0 Å². The van der Waals surface area contributed by atoms with Crippen LogP contribution >= 0.6 is 0 Å². The van der Waals surface area contributed by atoms with E-state index in [9.17, 15) is 4.79 Å². The normalized spacial score (nSPS) is 15.1. The molecule has 1 aliphatic rings. The largest absolute Gasteiger partial charge is 0.371 e. The fourth-order valence-electron chi connectivity index (χ4n) is 2.87. The van der Waals surface area contributed by atoms with Gasteiger partial charge >= 0.3 is 0 Å². The number of carbonyl (C=O) groups excluding carboxylic acids is 1. The first-order chi connectivity index (χ1) is 11.8. The third-order valence-electron chi connectivity index (χ3n) is 4.34. The van der Waals surface area contributed by atoms with Crippen LogP contribution in [0.1, 0.15) is 23.3 Å². The molecule has 2 aromatic heterocycles. The van der Waals surface area contributed by atoms with Gasteiger partial charge in [-0.05, 0) is 43.0 Å². The zero-order chi connectivity index (χ0) is 16.8. The van der Waals surface area contributed by atoms with Gasteiger partial charge in [0.15, 0.2) is 5.69 Å². The number of nitrogens with one attached hydrogen (secondary N) is 2. The first-order valence-corrected chi connectivity index (χ1v) is 8.21. The van der Waals surface area contributed by atoms with E-state index in [1.807, 2.05) is 12.4 Å². The van der Waals surface area contributed by atoms with Crippen LogP contribution in [0.2, 0.25) is 0 Å². The number of hydrogen-bond donors (Lipinski definition) is 2. The molecule has 3 heterocycles. The van der Waals surface area contributed by atoms with Crippen molar-refractivity contribution < 1.29 is 4.79 Å². The minimum Gasteiger partial charge on any atom is -0.371 e. The average Bonchev–Trinajstić information content (AvgIpc) is 2.67. The maximum absolute atomic E-state index is 11.4. The van der Waals surface area contributed by atoms with Crippen molar-refractivity contribution >= 4 is 17.4 Å². The zero-order valence-electron chi connectivity index (χ0n) is 13.8. The molecule has 0 bridgehead atoms. The second kappa shape index (κ2) is 7.72. The maximum Gasteiger partial charge on any atom is 0.271 e. The van der Waals surface area contributed by atoms with Gasteiger partial charge in [-0.2, -0.15) is 0 Å². The lowest BCUT2D eigenvalue weighted by molar-refractivity contribution is 0.0957. The Bertz CT molecular complexity index is 653. The molecule has 0 spiro atoms. The van der Waals surface area contributed by atoms with Crippen LogP contribution in [0, 0.1) is 5.92 Å². The van der Waals surface area contributed by atoms with E-state index < -0.39 is 0 Å². The smallest absolute Gasteiger partial charge is 0.271 e. The first kappa shape index (κ1) is 16.2. The van der Waals surface area contributed by atoms with E-state index >= 15 is 0 Å². The van der Waals surface area contributed by atoms with Crippen molar-refractivity contribution in [2.75, 3.05) is 36.9 Å². The van der Waals surface area contributed by atoms with E-state index in [0.29, 0.717) is 17.4 Å². The summed E-state index contributed by atoms with van der Waals surface area (Å²) in [5, 5.41) is 13.8. The number of anilines is 2. The molecule has 0 unspecified atom stereocenters.